The fraction of sp³-hybridized carbons (Fsp3) is 0.643. The van der Waals surface area contributed by atoms with E-state index in [9.17, 15) is 8.42 Å². The number of nitrogens with zero attached hydrogens (tertiary/aromatic N) is 1. The van der Waals surface area contributed by atoms with Gasteiger partial charge in [0.2, 0.25) is 10.0 Å². The van der Waals surface area contributed by atoms with Crippen molar-refractivity contribution in [2.75, 3.05) is 18.9 Å². The van der Waals surface area contributed by atoms with Crippen molar-refractivity contribution in [3.63, 3.8) is 0 Å². The Morgan fingerprint density at radius 3 is 2.50 bits per heavy atom. The van der Waals surface area contributed by atoms with E-state index in [2.05, 4.69) is 21.9 Å². The normalized spacial score (nSPS) is 18.1. The molecule has 0 radical (unpaired) electrons. The molecule has 0 aliphatic heterocycles. The molecule has 0 aromatic carbocycles. The summed E-state index contributed by atoms with van der Waals surface area (Å²) in [5.41, 5.74) is 0.144. The lowest BCUT2D eigenvalue weighted by Crippen LogP contribution is -2.35. The molecule has 112 valence electrons. The first-order valence-corrected chi connectivity index (χ1v) is 8.63. The molecule has 0 amide bonds. The molecule has 0 bridgehead atoms. The van der Waals surface area contributed by atoms with Crippen LogP contribution in [-0.2, 0) is 10.0 Å². The van der Waals surface area contributed by atoms with E-state index in [1.165, 1.54) is 19.0 Å². The van der Waals surface area contributed by atoms with E-state index >= 15 is 0 Å². The fourth-order valence-corrected chi connectivity index (χ4v) is 3.90. The molecule has 1 aromatic heterocycles. The summed E-state index contributed by atoms with van der Waals surface area (Å²) >= 11 is 0. The Labute approximate surface area is 121 Å². The van der Waals surface area contributed by atoms with Crippen LogP contribution in [0.15, 0.2) is 23.2 Å². The molecule has 2 rings (SSSR count). The van der Waals surface area contributed by atoms with Crippen LogP contribution in [0.1, 0.15) is 39.0 Å². The van der Waals surface area contributed by atoms with Crippen LogP contribution >= 0.6 is 0 Å². The molecule has 20 heavy (non-hydrogen) atoms. The van der Waals surface area contributed by atoms with Crippen LogP contribution in [0, 0.1) is 5.41 Å². The predicted octanol–water partition coefficient (Wildman–Crippen LogP) is 2.37. The van der Waals surface area contributed by atoms with Gasteiger partial charge in [-0.05, 0) is 36.8 Å². The summed E-state index contributed by atoms with van der Waals surface area (Å²) in [4.78, 5) is 4.27. The first-order valence-electron chi connectivity index (χ1n) is 7.15. The summed E-state index contributed by atoms with van der Waals surface area (Å²) in [7, 11) is -1.71. The SMILES string of the molecule is CCC1(CNS(=O)(=O)c2ccc(NC)nc2)CCCC1. The molecule has 0 atom stereocenters. The summed E-state index contributed by atoms with van der Waals surface area (Å²) in [6, 6.07) is 3.24. The minimum atomic E-state index is -3.46. The first kappa shape index (κ1) is 15.3. The van der Waals surface area contributed by atoms with E-state index in [0.717, 1.165) is 19.3 Å². The standard InChI is InChI=1S/C14H23N3O2S/c1-3-14(8-4-5-9-14)11-17-20(18,19)12-6-7-13(15-2)16-10-12/h6-7,10,17H,3-5,8-9,11H2,1-2H3,(H,15,16). The van der Waals surface area contributed by atoms with Crippen LogP contribution in [0.2, 0.25) is 0 Å². The Bertz CT molecular complexity index is 534. The van der Waals surface area contributed by atoms with Crippen molar-refractivity contribution in [2.45, 2.75) is 43.9 Å². The highest BCUT2D eigenvalue weighted by molar-refractivity contribution is 7.89. The Morgan fingerprint density at radius 2 is 2.00 bits per heavy atom. The number of nitrogens with one attached hydrogen (secondary N) is 2. The van der Waals surface area contributed by atoms with Gasteiger partial charge in [-0.3, -0.25) is 0 Å². The fourth-order valence-electron chi connectivity index (χ4n) is 2.80. The Balaban J connectivity index is 2.06. The number of sulfonamides is 1. The highest BCUT2D eigenvalue weighted by Crippen LogP contribution is 2.40. The molecule has 1 fully saturated rings. The smallest absolute Gasteiger partial charge is 0.242 e. The molecule has 2 N–H and O–H groups in total. The van der Waals surface area contributed by atoms with Gasteiger partial charge in [0, 0.05) is 19.8 Å². The second-order valence-corrected chi connectivity index (χ2v) is 7.28. The van der Waals surface area contributed by atoms with Crippen molar-refractivity contribution in [1.82, 2.24) is 9.71 Å². The third kappa shape index (κ3) is 3.30. The summed E-state index contributed by atoms with van der Waals surface area (Å²) < 4.78 is 27.3. The van der Waals surface area contributed by atoms with E-state index in [0.29, 0.717) is 12.4 Å². The number of aromatic nitrogens is 1. The summed E-state index contributed by atoms with van der Waals surface area (Å²) in [5.74, 6) is 0.657. The number of anilines is 1. The van der Waals surface area contributed by atoms with Gasteiger partial charge in [-0.25, -0.2) is 18.1 Å². The van der Waals surface area contributed by atoms with Crippen molar-refractivity contribution in [3.8, 4) is 0 Å². The molecule has 5 nitrogen and oxygen atoms in total. The lowest BCUT2D eigenvalue weighted by Gasteiger charge is -2.27. The Hall–Kier alpha value is -1.14. The van der Waals surface area contributed by atoms with Crippen LogP contribution in [0.5, 0.6) is 0 Å². The second-order valence-electron chi connectivity index (χ2n) is 5.51. The number of hydrogen-bond acceptors (Lipinski definition) is 4. The van der Waals surface area contributed by atoms with Gasteiger partial charge in [-0.15, -0.1) is 0 Å². The number of rotatable bonds is 6. The zero-order chi connectivity index (χ0) is 14.6. The summed E-state index contributed by atoms with van der Waals surface area (Å²) in [6.07, 6.45) is 7.04. The van der Waals surface area contributed by atoms with E-state index in [-0.39, 0.29) is 10.3 Å². The maximum atomic E-state index is 12.3. The second kappa shape index (κ2) is 6.10. The first-order chi connectivity index (χ1) is 9.51. The Kier molecular flexibility index (Phi) is 4.65. The van der Waals surface area contributed by atoms with Crippen molar-refractivity contribution in [3.05, 3.63) is 18.3 Å². The van der Waals surface area contributed by atoms with Gasteiger partial charge in [0.15, 0.2) is 0 Å². The van der Waals surface area contributed by atoms with E-state index in [1.54, 1.807) is 19.2 Å². The van der Waals surface area contributed by atoms with Crippen molar-refractivity contribution < 1.29 is 8.42 Å². The zero-order valence-electron chi connectivity index (χ0n) is 12.1. The topological polar surface area (TPSA) is 71.1 Å². The van der Waals surface area contributed by atoms with Gasteiger partial charge in [0.05, 0.1) is 0 Å². The van der Waals surface area contributed by atoms with Crippen molar-refractivity contribution in [2.24, 2.45) is 5.41 Å². The quantitative estimate of drug-likeness (QED) is 0.845. The number of hydrogen-bond donors (Lipinski definition) is 2. The van der Waals surface area contributed by atoms with E-state index in [4.69, 9.17) is 0 Å². The molecule has 1 aliphatic carbocycles. The van der Waals surface area contributed by atoms with Gasteiger partial charge in [-0.1, -0.05) is 19.8 Å². The maximum Gasteiger partial charge on any atom is 0.242 e. The maximum absolute atomic E-state index is 12.3. The molecule has 1 heterocycles. The van der Waals surface area contributed by atoms with Crippen molar-refractivity contribution in [1.29, 1.82) is 0 Å². The van der Waals surface area contributed by atoms with Crippen molar-refractivity contribution >= 4 is 15.8 Å². The van der Waals surface area contributed by atoms with Gasteiger partial charge in [0.25, 0.3) is 0 Å². The third-order valence-corrected chi connectivity index (χ3v) is 5.74. The number of pyridine rings is 1. The lowest BCUT2D eigenvalue weighted by atomic mass is 9.84. The van der Waals surface area contributed by atoms with E-state index < -0.39 is 10.0 Å². The average Bonchev–Trinajstić information content (AvgIpc) is 2.95. The molecule has 6 heteroatoms. The van der Waals surface area contributed by atoms with Gasteiger partial charge in [-0.2, -0.15) is 0 Å². The predicted molar refractivity (Wildman–Crippen MR) is 80.2 cm³/mol. The largest absolute Gasteiger partial charge is 0.373 e. The molecular weight excluding hydrogens is 274 g/mol. The highest BCUT2D eigenvalue weighted by atomic mass is 32.2. The zero-order valence-corrected chi connectivity index (χ0v) is 13.0. The molecular formula is C14H23N3O2S. The monoisotopic (exact) mass is 297 g/mol. The van der Waals surface area contributed by atoms with Crippen LogP contribution in [0.3, 0.4) is 0 Å². The third-order valence-electron chi connectivity index (χ3n) is 4.35. The lowest BCUT2D eigenvalue weighted by molar-refractivity contribution is 0.285. The molecule has 0 unspecified atom stereocenters. The average molecular weight is 297 g/mol. The van der Waals surface area contributed by atoms with E-state index in [1.807, 2.05) is 0 Å². The van der Waals surface area contributed by atoms with Gasteiger partial charge in [0.1, 0.15) is 10.7 Å². The Morgan fingerprint density at radius 1 is 1.30 bits per heavy atom. The van der Waals surface area contributed by atoms with Crippen LogP contribution in [0.4, 0.5) is 5.82 Å². The van der Waals surface area contributed by atoms with Crippen LogP contribution in [0.25, 0.3) is 0 Å². The molecule has 0 saturated heterocycles. The summed E-state index contributed by atoms with van der Waals surface area (Å²) in [5, 5.41) is 2.87. The molecule has 0 spiro atoms. The minimum Gasteiger partial charge on any atom is -0.373 e. The van der Waals surface area contributed by atoms with Gasteiger partial charge < -0.3 is 5.32 Å². The van der Waals surface area contributed by atoms with Crippen LogP contribution in [-0.4, -0.2) is 27.0 Å². The summed E-state index contributed by atoms with van der Waals surface area (Å²) in [6.45, 7) is 2.67. The molecule has 1 saturated carbocycles. The minimum absolute atomic E-state index is 0.144. The molecule has 1 aliphatic rings. The van der Waals surface area contributed by atoms with Gasteiger partial charge >= 0.3 is 0 Å². The van der Waals surface area contributed by atoms with Crippen LogP contribution < -0.4 is 10.0 Å². The highest BCUT2D eigenvalue weighted by Gasteiger charge is 2.33. The molecule has 1 aromatic rings.